The third-order valence-corrected chi connectivity index (χ3v) is 6.85. The molecule has 6 rings (SSSR count). The molecule has 6 aromatic carbocycles. The predicted octanol–water partition coefficient (Wildman–Crippen LogP) is 8.55. The Balaban J connectivity index is 1.28. The fourth-order valence-electron chi connectivity index (χ4n) is 5.10. The fourth-order valence-corrected chi connectivity index (χ4v) is 5.10. The maximum absolute atomic E-state index is 12.8. The van der Waals surface area contributed by atoms with Crippen LogP contribution in [0.4, 0.5) is 0 Å². The van der Waals surface area contributed by atoms with E-state index in [1.54, 1.807) is 0 Å². The molecule has 2 heteroatoms. The molecule has 6 aromatic rings. The molecule has 0 bridgehead atoms. The van der Waals surface area contributed by atoms with E-state index in [0.29, 0.717) is 0 Å². The standard InChI is InChI=1S/C35H24O2/c36-28(17-19-34-30-13-5-1-9-24(30)21-25-10-2-6-14-31(25)34)23-29(37)18-20-35-32-15-7-3-11-26(32)22-27-12-4-8-16-33(27)35/h1-22H,23H2/b19-17+,20-18+. The van der Waals surface area contributed by atoms with Gasteiger partial charge in [-0.15, -0.1) is 0 Å². The minimum atomic E-state index is -0.213. The second kappa shape index (κ2) is 9.67. The number of ketones is 2. The van der Waals surface area contributed by atoms with Crippen LogP contribution in [0.2, 0.25) is 0 Å². The van der Waals surface area contributed by atoms with Gasteiger partial charge in [-0.3, -0.25) is 9.59 Å². The van der Waals surface area contributed by atoms with Crippen molar-refractivity contribution in [1.29, 1.82) is 0 Å². The number of carbonyl (C=O) groups excluding carboxylic acids is 2. The van der Waals surface area contributed by atoms with E-state index >= 15 is 0 Å². The van der Waals surface area contributed by atoms with E-state index in [4.69, 9.17) is 0 Å². The average Bonchev–Trinajstić information content (AvgIpc) is 2.93. The Morgan fingerprint density at radius 2 is 0.757 bits per heavy atom. The maximum atomic E-state index is 12.8. The minimum Gasteiger partial charge on any atom is -0.294 e. The van der Waals surface area contributed by atoms with Crippen molar-refractivity contribution >= 4 is 66.8 Å². The van der Waals surface area contributed by atoms with Crippen molar-refractivity contribution in [2.75, 3.05) is 0 Å². The average molecular weight is 477 g/mol. The summed E-state index contributed by atoms with van der Waals surface area (Å²) in [6, 6.07) is 36.9. The highest BCUT2D eigenvalue weighted by Gasteiger charge is 2.09. The Morgan fingerprint density at radius 1 is 0.459 bits per heavy atom. The Morgan fingerprint density at radius 3 is 1.08 bits per heavy atom. The van der Waals surface area contributed by atoms with Crippen LogP contribution < -0.4 is 0 Å². The van der Waals surface area contributed by atoms with Gasteiger partial charge in [0.1, 0.15) is 0 Å². The topological polar surface area (TPSA) is 34.1 Å². The van der Waals surface area contributed by atoms with Crippen molar-refractivity contribution in [2.45, 2.75) is 6.42 Å². The summed E-state index contributed by atoms with van der Waals surface area (Å²) in [5, 5.41) is 8.81. The number of fused-ring (bicyclic) bond motifs is 4. The molecule has 0 aromatic heterocycles. The zero-order valence-electron chi connectivity index (χ0n) is 20.2. The van der Waals surface area contributed by atoms with Crippen LogP contribution >= 0.6 is 0 Å². The first-order chi connectivity index (χ1) is 18.2. The van der Waals surface area contributed by atoms with Crippen LogP contribution in [-0.4, -0.2) is 11.6 Å². The van der Waals surface area contributed by atoms with Gasteiger partial charge < -0.3 is 0 Å². The fraction of sp³-hybridized carbons (Fsp3) is 0.0286. The van der Waals surface area contributed by atoms with E-state index in [2.05, 4.69) is 60.7 Å². The van der Waals surface area contributed by atoms with Gasteiger partial charge in [0.15, 0.2) is 11.6 Å². The quantitative estimate of drug-likeness (QED) is 0.137. The third-order valence-electron chi connectivity index (χ3n) is 6.85. The number of hydrogen-bond acceptors (Lipinski definition) is 2. The minimum absolute atomic E-state index is 0.168. The molecule has 0 N–H and O–H groups in total. The molecule has 2 nitrogen and oxygen atoms in total. The molecule has 0 amide bonds. The van der Waals surface area contributed by atoms with E-state index in [-0.39, 0.29) is 18.0 Å². The molecule has 0 spiro atoms. The maximum Gasteiger partial charge on any atom is 0.163 e. The summed E-state index contributed by atoms with van der Waals surface area (Å²) in [5.74, 6) is -0.427. The van der Waals surface area contributed by atoms with Crippen molar-refractivity contribution in [2.24, 2.45) is 0 Å². The SMILES string of the molecule is O=C(/C=C/c1c2ccccc2cc2ccccc12)CC(=O)/C=C/c1c2ccccc2cc2ccccc12. The first kappa shape index (κ1) is 22.6. The molecule has 0 aliphatic heterocycles. The molecule has 176 valence electrons. The summed E-state index contributed by atoms with van der Waals surface area (Å²) in [4.78, 5) is 25.6. The van der Waals surface area contributed by atoms with Gasteiger partial charge in [0.05, 0.1) is 6.42 Å². The highest BCUT2D eigenvalue weighted by molar-refractivity contribution is 6.15. The Hall–Kier alpha value is -4.82. The normalized spacial score (nSPS) is 11.9. The number of allylic oxidation sites excluding steroid dienone is 2. The smallest absolute Gasteiger partial charge is 0.163 e. The Bertz CT molecular complexity index is 1640. The van der Waals surface area contributed by atoms with E-state index in [0.717, 1.165) is 54.2 Å². The zero-order valence-corrected chi connectivity index (χ0v) is 20.2. The number of rotatable bonds is 6. The van der Waals surface area contributed by atoms with Gasteiger partial charge in [0.25, 0.3) is 0 Å². The second-order valence-electron chi connectivity index (χ2n) is 9.24. The monoisotopic (exact) mass is 476 g/mol. The molecule has 0 saturated carbocycles. The summed E-state index contributed by atoms with van der Waals surface area (Å²) in [7, 11) is 0. The molecule has 0 aliphatic carbocycles. The van der Waals surface area contributed by atoms with Crippen molar-refractivity contribution in [3.05, 3.63) is 132 Å². The predicted molar refractivity (Wildman–Crippen MR) is 156 cm³/mol. The van der Waals surface area contributed by atoms with E-state index in [1.807, 2.05) is 60.7 Å². The molecular formula is C35H24O2. The summed E-state index contributed by atoms with van der Waals surface area (Å²) < 4.78 is 0. The lowest BCUT2D eigenvalue weighted by molar-refractivity contribution is -0.121. The lowest BCUT2D eigenvalue weighted by Gasteiger charge is -2.08. The number of benzene rings is 6. The largest absolute Gasteiger partial charge is 0.294 e. The van der Waals surface area contributed by atoms with Crippen molar-refractivity contribution in [3.63, 3.8) is 0 Å². The van der Waals surface area contributed by atoms with Crippen LogP contribution in [0.5, 0.6) is 0 Å². The van der Waals surface area contributed by atoms with Crippen LogP contribution in [0, 0.1) is 0 Å². The van der Waals surface area contributed by atoms with Gasteiger partial charge in [0.2, 0.25) is 0 Å². The molecule has 0 aliphatic rings. The second-order valence-corrected chi connectivity index (χ2v) is 9.24. The molecule has 0 fully saturated rings. The van der Waals surface area contributed by atoms with Crippen LogP contribution in [0.25, 0.3) is 55.2 Å². The Labute approximate surface area is 215 Å². The molecule has 0 atom stereocenters. The molecule has 0 unspecified atom stereocenters. The summed E-state index contributed by atoms with van der Waals surface area (Å²) >= 11 is 0. The summed E-state index contributed by atoms with van der Waals surface area (Å²) in [6.07, 6.45) is 6.60. The van der Waals surface area contributed by atoms with Gasteiger partial charge in [-0.1, -0.05) is 109 Å². The van der Waals surface area contributed by atoms with Crippen LogP contribution in [0.15, 0.2) is 121 Å². The van der Waals surface area contributed by atoms with E-state index in [9.17, 15) is 9.59 Å². The molecule has 0 heterocycles. The highest BCUT2D eigenvalue weighted by Crippen LogP contribution is 2.31. The van der Waals surface area contributed by atoms with E-state index < -0.39 is 0 Å². The Kier molecular flexibility index (Phi) is 5.92. The first-order valence-corrected chi connectivity index (χ1v) is 12.4. The molecule has 0 saturated heterocycles. The van der Waals surface area contributed by atoms with Crippen LogP contribution in [-0.2, 0) is 9.59 Å². The van der Waals surface area contributed by atoms with Gasteiger partial charge in [-0.25, -0.2) is 0 Å². The molecule has 0 radical (unpaired) electrons. The lowest BCUT2D eigenvalue weighted by atomic mass is 9.95. The summed E-state index contributed by atoms with van der Waals surface area (Å²) in [6.45, 7) is 0. The van der Waals surface area contributed by atoms with Gasteiger partial charge in [0, 0.05) is 0 Å². The van der Waals surface area contributed by atoms with Crippen LogP contribution in [0.3, 0.4) is 0 Å². The van der Waals surface area contributed by atoms with E-state index in [1.165, 1.54) is 12.2 Å². The third kappa shape index (κ3) is 4.46. The first-order valence-electron chi connectivity index (χ1n) is 12.4. The molecular weight excluding hydrogens is 452 g/mol. The van der Waals surface area contributed by atoms with Crippen molar-refractivity contribution in [3.8, 4) is 0 Å². The highest BCUT2D eigenvalue weighted by atomic mass is 16.1. The zero-order chi connectivity index (χ0) is 25.2. The lowest BCUT2D eigenvalue weighted by Crippen LogP contribution is -2.02. The van der Waals surface area contributed by atoms with Gasteiger partial charge in [-0.05, 0) is 78.5 Å². The van der Waals surface area contributed by atoms with Crippen molar-refractivity contribution < 1.29 is 9.59 Å². The van der Waals surface area contributed by atoms with Gasteiger partial charge >= 0.3 is 0 Å². The van der Waals surface area contributed by atoms with Gasteiger partial charge in [-0.2, -0.15) is 0 Å². The number of carbonyl (C=O) groups is 2. The number of hydrogen-bond donors (Lipinski definition) is 0. The van der Waals surface area contributed by atoms with Crippen LogP contribution in [0.1, 0.15) is 17.5 Å². The molecule has 37 heavy (non-hydrogen) atoms. The van der Waals surface area contributed by atoms with Crippen molar-refractivity contribution in [1.82, 2.24) is 0 Å². The summed E-state index contributed by atoms with van der Waals surface area (Å²) in [5.41, 5.74) is 1.99.